The summed E-state index contributed by atoms with van der Waals surface area (Å²) in [6.45, 7) is 0.338. The maximum atomic E-state index is 13.5. The molecule has 9 nitrogen and oxygen atoms in total. The molecule has 2 saturated carbocycles. The summed E-state index contributed by atoms with van der Waals surface area (Å²) in [6, 6.07) is 11.5. The minimum atomic E-state index is -0.950. The smallest absolute Gasteiger partial charge is 0.323 e. The number of fused-ring (bicyclic) bond motifs is 1. The van der Waals surface area contributed by atoms with Crippen LogP contribution in [0.2, 0.25) is 0 Å². The third-order valence-corrected chi connectivity index (χ3v) is 8.67. The lowest BCUT2D eigenvalue weighted by molar-refractivity contribution is -0.147. The number of aromatic nitrogens is 1. The lowest BCUT2D eigenvalue weighted by Gasteiger charge is -2.41. The van der Waals surface area contributed by atoms with Crippen LogP contribution < -0.4 is 10.5 Å². The van der Waals surface area contributed by atoms with Crippen molar-refractivity contribution >= 4 is 23.5 Å². The average Bonchev–Trinajstić information content (AvgIpc) is 2.97. The van der Waals surface area contributed by atoms with Crippen molar-refractivity contribution in [1.29, 1.82) is 0 Å². The average molecular weight is 548 g/mol. The summed E-state index contributed by atoms with van der Waals surface area (Å²) in [4.78, 5) is 38.0. The summed E-state index contributed by atoms with van der Waals surface area (Å²) >= 11 is 0. The van der Waals surface area contributed by atoms with Gasteiger partial charge in [0, 0.05) is 36.7 Å². The molecule has 2 aliphatic carbocycles. The monoisotopic (exact) mass is 547 g/mol. The van der Waals surface area contributed by atoms with Crippen molar-refractivity contribution in [3.63, 3.8) is 0 Å². The van der Waals surface area contributed by atoms with Crippen molar-refractivity contribution in [3.05, 3.63) is 48.2 Å². The van der Waals surface area contributed by atoms with Crippen LogP contribution in [0.15, 0.2) is 47.6 Å². The molecule has 40 heavy (non-hydrogen) atoms. The standard InChI is InChI=1S/C31H41N5O4/c32-31-34-26-19-33-28(40-25-14-8-3-9-15-25)18-23(26)20-36(31)27(22-10-4-1-5-11-22)16-17-29(37)35(21-30(38)39)24-12-6-2-7-13-24/h3,8-9,14-15,18-19,22,24,27H,1-2,4-7,10-13,16-17,20-21H2,(H2,32,34)(H,38,39)/t27-/m0/s1. The Morgan fingerprint density at radius 3 is 2.45 bits per heavy atom. The van der Waals surface area contributed by atoms with Crippen LogP contribution in [0.4, 0.5) is 5.69 Å². The first kappa shape index (κ1) is 27.9. The Morgan fingerprint density at radius 2 is 1.75 bits per heavy atom. The molecule has 2 aromatic rings. The number of carbonyl (C=O) groups excluding carboxylic acids is 1. The number of carboxylic acid groups (broad SMARTS) is 1. The molecule has 5 rings (SSSR count). The number of nitrogens with two attached hydrogens (primary N) is 1. The summed E-state index contributed by atoms with van der Waals surface area (Å²) in [7, 11) is 0. The largest absolute Gasteiger partial charge is 0.480 e. The number of nitrogens with zero attached hydrogens (tertiary/aromatic N) is 4. The van der Waals surface area contributed by atoms with Crippen LogP contribution in [0, 0.1) is 5.92 Å². The van der Waals surface area contributed by atoms with Gasteiger partial charge in [-0.25, -0.2) is 9.98 Å². The predicted octanol–water partition coefficient (Wildman–Crippen LogP) is 5.61. The number of ether oxygens (including phenoxy) is 1. The van der Waals surface area contributed by atoms with Gasteiger partial charge < -0.3 is 25.4 Å². The second kappa shape index (κ2) is 13.2. The summed E-state index contributed by atoms with van der Waals surface area (Å²) in [5, 5.41) is 9.54. The highest BCUT2D eigenvalue weighted by Crippen LogP contribution is 2.36. The molecule has 0 radical (unpaired) electrons. The van der Waals surface area contributed by atoms with Gasteiger partial charge in [-0.3, -0.25) is 9.59 Å². The Hall–Kier alpha value is -3.62. The lowest BCUT2D eigenvalue weighted by Crippen LogP contribution is -2.50. The van der Waals surface area contributed by atoms with E-state index in [0.717, 1.165) is 56.2 Å². The highest BCUT2D eigenvalue weighted by Gasteiger charge is 2.34. The number of hydrogen-bond acceptors (Lipinski definition) is 7. The van der Waals surface area contributed by atoms with Gasteiger partial charge in [0.15, 0.2) is 5.96 Å². The van der Waals surface area contributed by atoms with E-state index in [9.17, 15) is 14.7 Å². The third kappa shape index (κ3) is 6.92. The summed E-state index contributed by atoms with van der Waals surface area (Å²) in [5.41, 5.74) is 8.27. The Kier molecular flexibility index (Phi) is 9.19. The van der Waals surface area contributed by atoms with E-state index in [1.165, 1.54) is 19.3 Å². The zero-order valence-electron chi connectivity index (χ0n) is 23.2. The van der Waals surface area contributed by atoms with Crippen LogP contribution in [0.3, 0.4) is 0 Å². The maximum absolute atomic E-state index is 13.5. The number of carbonyl (C=O) groups is 2. The van der Waals surface area contributed by atoms with Crippen molar-refractivity contribution in [3.8, 4) is 11.6 Å². The maximum Gasteiger partial charge on any atom is 0.323 e. The Balaban J connectivity index is 1.33. The first-order valence-electron chi connectivity index (χ1n) is 14.8. The molecule has 1 amide bonds. The molecule has 9 heteroatoms. The normalized spacial score (nSPS) is 18.9. The number of rotatable bonds is 10. The summed E-state index contributed by atoms with van der Waals surface area (Å²) in [6.07, 6.45) is 13.4. The number of hydrogen-bond donors (Lipinski definition) is 2. The molecule has 0 saturated heterocycles. The number of carboxylic acids is 1. The number of benzene rings is 1. The van der Waals surface area contributed by atoms with Crippen LogP contribution in [-0.2, 0) is 16.1 Å². The van der Waals surface area contributed by atoms with E-state index in [1.54, 1.807) is 11.1 Å². The quantitative estimate of drug-likeness (QED) is 0.396. The molecule has 0 unspecified atom stereocenters. The van der Waals surface area contributed by atoms with Crippen LogP contribution in [0.1, 0.15) is 82.6 Å². The van der Waals surface area contributed by atoms with Crippen LogP contribution in [0.25, 0.3) is 0 Å². The first-order chi connectivity index (χ1) is 19.5. The van der Waals surface area contributed by atoms with Crippen molar-refractivity contribution < 1.29 is 19.4 Å². The highest BCUT2D eigenvalue weighted by molar-refractivity contribution is 5.84. The molecule has 1 aromatic carbocycles. The molecular weight excluding hydrogens is 506 g/mol. The Bertz CT molecular complexity index is 1190. The second-order valence-electron chi connectivity index (χ2n) is 11.4. The van der Waals surface area contributed by atoms with Gasteiger partial charge in [-0.2, -0.15) is 0 Å². The van der Waals surface area contributed by atoms with Gasteiger partial charge in [0.05, 0.1) is 11.9 Å². The molecule has 3 aliphatic rings. The number of amides is 1. The molecule has 3 N–H and O–H groups in total. The molecular formula is C31H41N5O4. The zero-order chi connectivity index (χ0) is 27.9. The number of guanidine groups is 1. The van der Waals surface area contributed by atoms with Crippen LogP contribution >= 0.6 is 0 Å². The summed E-state index contributed by atoms with van der Waals surface area (Å²) < 4.78 is 5.97. The van der Waals surface area contributed by atoms with E-state index in [0.29, 0.717) is 42.9 Å². The van der Waals surface area contributed by atoms with Crippen molar-refractivity contribution in [1.82, 2.24) is 14.8 Å². The van der Waals surface area contributed by atoms with E-state index < -0.39 is 5.97 Å². The fraction of sp³-hybridized carbons (Fsp3) is 0.548. The molecule has 2 heterocycles. The van der Waals surface area contributed by atoms with Gasteiger partial charge in [-0.05, 0) is 50.2 Å². The van der Waals surface area contributed by atoms with Crippen LogP contribution in [-0.4, -0.2) is 56.4 Å². The predicted molar refractivity (Wildman–Crippen MR) is 153 cm³/mol. The number of aliphatic carboxylic acids is 1. The fourth-order valence-corrected chi connectivity index (χ4v) is 6.64. The minimum absolute atomic E-state index is 0.0227. The molecule has 1 atom stereocenters. The van der Waals surface area contributed by atoms with Gasteiger partial charge in [-0.1, -0.05) is 56.7 Å². The molecule has 1 aliphatic heterocycles. The first-order valence-corrected chi connectivity index (χ1v) is 14.8. The van der Waals surface area contributed by atoms with E-state index in [2.05, 4.69) is 9.88 Å². The van der Waals surface area contributed by atoms with Crippen molar-refractivity contribution in [2.24, 2.45) is 16.6 Å². The SMILES string of the molecule is NC1=Nc2cnc(Oc3ccccc3)cc2CN1[C@@H](CCC(=O)N(CC(=O)O)C1CCCCC1)C1CCCCC1. The van der Waals surface area contributed by atoms with Gasteiger partial charge >= 0.3 is 5.97 Å². The van der Waals surface area contributed by atoms with E-state index in [1.807, 2.05) is 36.4 Å². The molecule has 0 bridgehead atoms. The van der Waals surface area contributed by atoms with Crippen molar-refractivity contribution in [2.45, 2.75) is 95.7 Å². The third-order valence-electron chi connectivity index (χ3n) is 8.67. The zero-order valence-corrected chi connectivity index (χ0v) is 23.2. The molecule has 1 aromatic heterocycles. The number of pyridine rings is 1. The Morgan fingerprint density at radius 1 is 1.05 bits per heavy atom. The molecule has 214 valence electrons. The van der Waals surface area contributed by atoms with Gasteiger partial charge in [0.2, 0.25) is 11.8 Å². The lowest BCUT2D eigenvalue weighted by atomic mass is 9.81. The minimum Gasteiger partial charge on any atom is -0.480 e. The van der Waals surface area contributed by atoms with E-state index in [4.69, 9.17) is 15.5 Å². The number of aliphatic imine (C=N–C) groups is 1. The van der Waals surface area contributed by atoms with Gasteiger partial charge in [0.1, 0.15) is 12.3 Å². The fourth-order valence-electron chi connectivity index (χ4n) is 6.64. The topological polar surface area (TPSA) is 121 Å². The number of para-hydroxylation sites is 1. The van der Waals surface area contributed by atoms with Crippen molar-refractivity contribution in [2.75, 3.05) is 6.54 Å². The van der Waals surface area contributed by atoms with E-state index >= 15 is 0 Å². The van der Waals surface area contributed by atoms with E-state index in [-0.39, 0.29) is 24.5 Å². The molecule has 0 spiro atoms. The van der Waals surface area contributed by atoms with Gasteiger partial charge in [0.25, 0.3) is 0 Å². The second-order valence-corrected chi connectivity index (χ2v) is 11.4. The summed E-state index contributed by atoms with van der Waals surface area (Å²) in [5.74, 6) is 1.06. The van der Waals surface area contributed by atoms with Gasteiger partial charge in [-0.15, -0.1) is 0 Å². The Labute approximate surface area is 236 Å². The molecule has 2 fully saturated rings. The highest BCUT2D eigenvalue weighted by atomic mass is 16.5. The van der Waals surface area contributed by atoms with Crippen LogP contribution in [0.5, 0.6) is 11.6 Å².